The summed E-state index contributed by atoms with van der Waals surface area (Å²) in [4.78, 5) is 87.9. The molecule has 0 aromatic carbocycles. The van der Waals surface area contributed by atoms with Gasteiger partial charge in [0.1, 0.15) is 35.9 Å². The zero-order valence-corrected chi connectivity index (χ0v) is 33.7. The number of carboxylic acids is 1. The molecule has 21 heteroatoms. The summed E-state index contributed by atoms with van der Waals surface area (Å²) in [7, 11) is 0. The van der Waals surface area contributed by atoms with Crippen LogP contribution in [0.1, 0.15) is 78.9 Å². The zero-order chi connectivity index (χ0) is 42.9. The minimum atomic E-state index is -1.17. The molecule has 4 rings (SSSR count). The Bertz CT molecular complexity index is 1570. The molecule has 4 heterocycles. The minimum absolute atomic E-state index is 0.175. The number of aromatic amines is 2. The number of likely N-dealkylation sites (tertiary alicyclic amines) is 2. The van der Waals surface area contributed by atoms with Gasteiger partial charge in [0.05, 0.1) is 37.1 Å². The topological polar surface area (TPSA) is 308 Å². The molecule has 57 heavy (non-hydrogen) atoms. The maximum Gasteiger partial charge on any atom is 0.408 e. The monoisotopic (exact) mass is 808 g/mol. The Hall–Kier alpha value is -5.28. The van der Waals surface area contributed by atoms with Crippen LogP contribution in [0.5, 0.6) is 0 Å². The fraction of sp³-hybridized carbons (Fsp3) is 0.667. The minimum Gasteiger partial charge on any atom is -0.481 e. The van der Waals surface area contributed by atoms with Crippen LogP contribution in [0.2, 0.25) is 0 Å². The van der Waals surface area contributed by atoms with Crippen LogP contribution in [0.3, 0.4) is 0 Å². The highest BCUT2D eigenvalue weighted by Crippen LogP contribution is 2.32. The van der Waals surface area contributed by atoms with E-state index in [1.54, 1.807) is 71.2 Å². The Morgan fingerprint density at radius 2 is 1.12 bits per heavy atom. The van der Waals surface area contributed by atoms with Gasteiger partial charge in [-0.15, -0.1) is 0 Å². The molecule has 320 valence electrons. The number of nitrogens with two attached hydrogens (primary N) is 1. The maximum absolute atomic E-state index is 12.6. The van der Waals surface area contributed by atoms with Crippen LogP contribution in [0, 0.1) is 10.8 Å². The van der Waals surface area contributed by atoms with E-state index >= 15 is 0 Å². The highest BCUT2D eigenvalue weighted by Gasteiger charge is 2.43. The molecule has 2 aliphatic heterocycles. The molecule has 2 aromatic rings. The van der Waals surface area contributed by atoms with E-state index in [1.165, 1.54) is 4.90 Å². The number of hydrogen-bond donors (Lipinski definition) is 9. The van der Waals surface area contributed by atoms with Gasteiger partial charge in [-0.1, -0.05) is 0 Å². The fourth-order valence-electron chi connectivity index (χ4n) is 5.57. The normalized spacial score (nSPS) is 16.0. The molecule has 0 bridgehead atoms. The summed E-state index contributed by atoms with van der Waals surface area (Å²) in [5.74, 6) is -0.405. The molecule has 0 unspecified atom stereocenters. The summed E-state index contributed by atoms with van der Waals surface area (Å²) in [6, 6.07) is 0. The predicted molar refractivity (Wildman–Crippen MR) is 204 cm³/mol. The average molecular weight is 809 g/mol. The van der Waals surface area contributed by atoms with Gasteiger partial charge in [0.2, 0.25) is 17.7 Å². The molecular formula is C36H60N10O11. The predicted octanol–water partition coefficient (Wildman–Crippen LogP) is 0.217. The van der Waals surface area contributed by atoms with Gasteiger partial charge in [-0.2, -0.15) is 0 Å². The number of aliphatic hydroxyl groups is 2. The van der Waals surface area contributed by atoms with E-state index in [2.05, 4.69) is 35.9 Å². The van der Waals surface area contributed by atoms with Gasteiger partial charge in [-0.3, -0.25) is 19.2 Å². The first kappa shape index (κ1) is 47.9. The number of nitrogens with zero attached hydrogens (tertiary/aromatic N) is 4. The van der Waals surface area contributed by atoms with Gasteiger partial charge in [0.15, 0.2) is 0 Å². The average Bonchev–Trinajstić information content (AvgIpc) is 3.89. The van der Waals surface area contributed by atoms with E-state index in [9.17, 15) is 39.0 Å². The molecular weight excluding hydrogens is 748 g/mol. The number of alkyl carbamates (subject to hydrolysis) is 2. The van der Waals surface area contributed by atoms with Crippen molar-refractivity contribution in [2.75, 3.05) is 52.5 Å². The number of piperidine rings is 2. The second-order valence-corrected chi connectivity index (χ2v) is 15.6. The smallest absolute Gasteiger partial charge is 0.408 e. The van der Waals surface area contributed by atoms with Crippen LogP contribution in [0.4, 0.5) is 9.59 Å². The van der Waals surface area contributed by atoms with Crippen LogP contribution in [0.25, 0.3) is 0 Å². The standard InChI is InChI=1S/C18H29N5O5.C14H24N2O6.C4H7N3/c1-17(2,3)28-16(27)22-11-14(25)23-8-4-18(12-24,5-9-23)15(26)21-10-13-19-6-7-20-13;1-13(2,3)22-12(21)15-8-10(18)16-6-4-14(9-17,5-7-16)11(19)20;5-3-4-6-1-2-7-4/h6-7,24H,4-5,8-12H2,1-3H3,(H,19,20)(H,21,26)(H,22,27);17H,4-9H2,1-3H3,(H,15,21)(H,19,20);1-2H,3,5H2,(H,6,7). The number of aliphatic hydroxyl groups excluding tert-OH is 2. The van der Waals surface area contributed by atoms with Crippen molar-refractivity contribution in [3.8, 4) is 0 Å². The third-order valence-electron chi connectivity index (χ3n) is 8.97. The van der Waals surface area contributed by atoms with Crippen molar-refractivity contribution in [2.45, 2.75) is 91.5 Å². The Labute approximate surface area is 331 Å². The number of amides is 5. The van der Waals surface area contributed by atoms with Crippen molar-refractivity contribution in [1.82, 2.24) is 45.7 Å². The SMILES string of the molecule is CC(C)(C)OC(=O)NCC(=O)N1CCC(CO)(C(=O)NCc2ncc[nH]2)CC1.CC(C)(C)OC(=O)NCC(=O)N1CCC(CO)(C(=O)O)CC1.NCc1ncc[nH]1. The molecule has 0 saturated carbocycles. The summed E-state index contributed by atoms with van der Waals surface area (Å²) in [6.45, 7) is 11.1. The molecule has 21 nitrogen and oxygen atoms in total. The largest absolute Gasteiger partial charge is 0.481 e. The van der Waals surface area contributed by atoms with Crippen LogP contribution in [0.15, 0.2) is 24.8 Å². The Kier molecular flexibility index (Phi) is 18.4. The van der Waals surface area contributed by atoms with Crippen molar-refractivity contribution in [3.63, 3.8) is 0 Å². The number of H-pyrrole nitrogens is 2. The van der Waals surface area contributed by atoms with E-state index in [-0.39, 0.29) is 69.9 Å². The number of carbonyl (C=O) groups excluding carboxylic acids is 5. The Balaban J connectivity index is 0.000000342. The molecule has 10 N–H and O–H groups in total. The van der Waals surface area contributed by atoms with E-state index in [0.29, 0.717) is 38.3 Å². The van der Waals surface area contributed by atoms with E-state index in [4.69, 9.17) is 20.3 Å². The molecule has 5 amide bonds. The van der Waals surface area contributed by atoms with Crippen molar-refractivity contribution >= 4 is 35.9 Å². The first-order valence-corrected chi connectivity index (χ1v) is 18.6. The molecule has 2 aliphatic rings. The summed E-state index contributed by atoms with van der Waals surface area (Å²) in [6.07, 6.45) is 6.43. The number of carboxylic acid groups (broad SMARTS) is 1. The number of ether oxygens (including phenoxy) is 2. The first-order valence-electron chi connectivity index (χ1n) is 18.6. The summed E-state index contributed by atoms with van der Waals surface area (Å²) in [5, 5.41) is 35.8. The van der Waals surface area contributed by atoms with Gasteiger partial charge in [-0.25, -0.2) is 19.6 Å². The molecule has 0 atom stereocenters. The fourth-order valence-corrected chi connectivity index (χ4v) is 5.57. The third-order valence-corrected chi connectivity index (χ3v) is 8.97. The van der Waals surface area contributed by atoms with Crippen LogP contribution in [-0.2, 0) is 41.7 Å². The first-order chi connectivity index (χ1) is 26.7. The Morgan fingerprint density at radius 3 is 1.44 bits per heavy atom. The summed E-state index contributed by atoms with van der Waals surface area (Å²) < 4.78 is 10.1. The number of hydrogen-bond acceptors (Lipinski definition) is 13. The highest BCUT2D eigenvalue weighted by molar-refractivity contribution is 5.85. The highest BCUT2D eigenvalue weighted by atomic mass is 16.6. The number of carbonyl (C=O) groups is 6. The van der Waals surface area contributed by atoms with E-state index in [1.807, 2.05) is 0 Å². The zero-order valence-electron chi connectivity index (χ0n) is 33.7. The van der Waals surface area contributed by atoms with Gasteiger partial charge < -0.3 is 66.2 Å². The van der Waals surface area contributed by atoms with Gasteiger partial charge >= 0.3 is 18.2 Å². The lowest BCUT2D eigenvalue weighted by atomic mass is 9.78. The molecule has 2 fully saturated rings. The van der Waals surface area contributed by atoms with Crippen molar-refractivity contribution < 1.29 is 53.6 Å². The second kappa shape index (κ2) is 21.9. The van der Waals surface area contributed by atoms with Crippen molar-refractivity contribution in [1.29, 1.82) is 0 Å². The lowest BCUT2D eigenvalue weighted by Crippen LogP contribution is -2.53. The lowest BCUT2D eigenvalue weighted by molar-refractivity contribution is -0.157. The summed E-state index contributed by atoms with van der Waals surface area (Å²) >= 11 is 0. The Morgan fingerprint density at radius 1 is 0.719 bits per heavy atom. The van der Waals surface area contributed by atoms with Crippen LogP contribution in [-0.4, -0.2) is 145 Å². The molecule has 0 radical (unpaired) electrons. The van der Waals surface area contributed by atoms with E-state index < -0.39 is 46.8 Å². The maximum atomic E-state index is 12.6. The number of rotatable bonds is 11. The van der Waals surface area contributed by atoms with Gasteiger partial charge in [0.25, 0.3) is 0 Å². The molecule has 0 aliphatic carbocycles. The van der Waals surface area contributed by atoms with Gasteiger partial charge in [0, 0.05) is 51.0 Å². The third kappa shape index (κ3) is 16.4. The van der Waals surface area contributed by atoms with Crippen LogP contribution >= 0.6 is 0 Å². The number of aliphatic carboxylic acids is 1. The van der Waals surface area contributed by atoms with Crippen molar-refractivity contribution in [3.05, 3.63) is 36.4 Å². The number of imidazole rings is 2. The van der Waals surface area contributed by atoms with Gasteiger partial charge in [-0.05, 0) is 67.2 Å². The number of nitrogens with one attached hydrogen (secondary N) is 5. The molecule has 2 aromatic heterocycles. The lowest BCUT2D eigenvalue weighted by Gasteiger charge is -2.39. The molecule has 0 spiro atoms. The number of aromatic nitrogens is 4. The van der Waals surface area contributed by atoms with E-state index in [0.717, 1.165) is 5.82 Å². The molecule has 2 saturated heterocycles. The second-order valence-electron chi connectivity index (χ2n) is 15.6. The van der Waals surface area contributed by atoms with Crippen LogP contribution < -0.4 is 21.7 Å². The quantitative estimate of drug-likeness (QED) is 0.147. The summed E-state index contributed by atoms with van der Waals surface area (Å²) in [5.41, 5.74) is 1.83. The van der Waals surface area contributed by atoms with Crippen molar-refractivity contribution in [2.24, 2.45) is 16.6 Å².